The van der Waals surface area contributed by atoms with Gasteiger partial charge in [0.1, 0.15) is 0 Å². The third-order valence-corrected chi connectivity index (χ3v) is 8.59. The highest BCUT2D eigenvalue weighted by atomic mass is 127. The third-order valence-electron chi connectivity index (χ3n) is 4.17. The van der Waals surface area contributed by atoms with Crippen molar-refractivity contribution < 1.29 is 21.2 Å². The molecule has 2 rings (SSSR count). The predicted octanol–water partition coefficient (Wildman–Crippen LogP) is 1.23. The molecular formula is C14H26I+. The first-order valence-electron chi connectivity index (χ1n) is 6.86. The van der Waals surface area contributed by atoms with Gasteiger partial charge in [0.05, 0.1) is 0 Å². The van der Waals surface area contributed by atoms with E-state index >= 15 is 0 Å². The fourth-order valence-electron chi connectivity index (χ4n) is 3.07. The Labute approximate surface area is 106 Å². The molecule has 2 fully saturated rings. The molecule has 2 saturated carbocycles. The van der Waals surface area contributed by atoms with Crippen LogP contribution in [0.1, 0.15) is 65.2 Å². The lowest BCUT2D eigenvalue weighted by Gasteiger charge is -2.24. The van der Waals surface area contributed by atoms with Crippen LogP contribution in [0.15, 0.2) is 0 Å². The minimum atomic E-state index is 0.536. The van der Waals surface area contributed by atoms with E-state index in [9.17, 15) is 0 Å². The van der Waals surface area contributed by atoms with Gasteiger partial charge in [-0.25, -0.2) is 0 Å². The van der Waals surface area contributed by atoms with Crippen LogP contribution in [0.5, 0.6) is 0 Å². The maximum atomic E-state index is 2.47. The van der Waals surface area contributed by atoms with Crippen LogP contribution in [0.2, 0.25) is 0 Å². The van der Waals surface area contributed by atoms with E-state index in [2.05, 4.69) is 13.8 Å². The Hall–Kier alpha value is 0.730. The summed E-state index contributed by atoms with van der Waals surface area (Å²) in [6, 6.07) is 0. The zero-order chi connectivity index (χ0) is 10.7. The Bertz CT molecular complexity index is 182. The second-order valence-corrected chi connectivity index (χ2v) is 10.1. The van der Waals surface area contributed by atoms with Crippen LogP contribution in [0.3, 0.4) is 0 Å². The maximum Gasteiger partial charge on any atom is 0.275 e. The Morgan fingerprint density at radius 3 is 2.13 bits per heavy atom. The Morgan fingerprint density at radius 2 is 1.47 bits per heavy atom. The molecule has 2 atom stereocenters. The van der Waals surface area contributed by atoms with Crippen molar-refractivity contribution in [1.82, 2.24) is 0 Å². The SMILES string of the molecule is CC1CCC([I+]C2CCCC(C)C2)CC1. The lowest BCUT2D eigenvalue weighted by atomic mass is 9.91. The first-order valence-corrected chi connectivity index (χ1v) is 9.35. The Kier molecular flexibility index (Phi) is 4.78. The van der Waals surface area contributed by atoms with Gasteiger partial charge in [-0.15, -0.1) is 0 Å². The molecule has 0 radical (unpaired) electrons. The summed E-state index contributed by atoms with van der Waals surface area (Å²) in [6.07, 6.45) is 12.5. The highest BCUT2D eigenvalue weighted by Gasteiger charge is 2.36. The Balaban J connectivity index is 1.71. The summed E-state index contributed by atoms with van der Waals surface area (Å²) in [7, 11) is 0. The van der Waals surface area contributed by atoms with Crippen LogP contribution in [0, 0.1) is 11.8 Å². The fourth-order valence-corrected chi connectivity index (χ4v) is 7.91. The molecule has 2 unspecified atom stereocenters. The Morgan fingerprint density at radius 1 is 0.733 bits per heavy atom. The molecule has 0 saturated heterocycles. The molecule has 0 nitrogen and oxygen atoms in total. The monoisotopic (exact) mass is 321 g/mol. The standard InChI is InChI=1S/C14H26I/c1-11-6-8-13(9-7-11)15-14-5-3-4-12(2)10-14/h11-14H,3-10H2,1-2H3/q+1. The first kappa shape index (κ1) is 12.2. The molecule has 2 aliphatic rings. The van der Waals surface area contributed by atoms with Crippen molar-refractivity contribution in [3.8, 4) is 0 Å². The molecule has 2 aliphatic carbocycles. The van der Waals surface area contributed by atoms with Gasteiger partial charge in [0, 0.05) is 0 Å². The number of rotatable bonds is 2. The smallest absolute Gasteiger partial charge is 0.0625 e. The number of hydrogen-bond acceptors (Lipinski definition) is 0. The van der Waals surface area contributed by atoms with Crippen LogP contribution in [-0.4, -0.2) is 7.85 Å². The zero-order valence-electron chi connectivity index (χ0n) is 10.3. The topological polar surface area (TPSA) is 0 Å². The van der Waals surface area contributed by atoms with E-state index < -0.39 is 0 Å². The van der Waals surface area contributed by atoms with Gasteiger partial charge in [-0.2, -0.15) is 0 Å². The molecule has 0 amide bonds. The van der Waals surface area contributed by atoms with Crippen molar-refractivity contribution in [2.24, 2.45) is 11.8 Å². The van der Waals surface area contributed by atoms with Crippen LogP contribution < -0.4 is 21.2 Å². The average molecular weight is 321 g/mol. The normalized spacial score (nSPS) is 42.8. The van der Waals surface area contributed by atoms with E-state index in [-0.39, 0.29) is 0 Å². The molecule has 1 heteroatoms. The third kappa shape index (κ3) is 3.90. The molecule has 0 N–H and O–H groups in total. The lowest BCUT2D eigenvalue weighted by Crippen LogP contribution is -3.68. The van der Waals surface area contributed by atoms with Crippen molar-refractivity contribution in [1.29, 1.82) is 0 Å². The molecule has 88 valence electrons. The van der Waals surface area contributed by atoms with Gasteiger partial charge in [-0.1, -0.05) is 20.3 Å². The summed E-state index contributed by atoms with van der Waals surface area (Å²) in [5.41, 5.74) is 0. The van der Waals surface area contributed by atoms with Crippen LogP contribution in [0.25, 0.3) is 0 Å². The van der Waals surface area contributed by atoms with Crippen LogP contribution in [-0.2, 0) is 0 Å². The highest BCUT2D eigenvalue weighted by molar-refractivity contribution is 4.72. The van der Waals surface area contributed by atoms with E-state index in [0.717, 1.165) is 11.8 Å². The van der Waals surface area contributed by atoms with E-state index in [1.54, 1.807) is 25.7 Å². The van der Waals surface area contributed by atoms with Crippen LogP contribution >= 0.6 is 0 Å². The summed E-state index contributed by atoms with van der Waals surface area (Å²) < 4.78 is 2.40. The largest absolute Gasteiger partial charge is 0.275 e. The summed E-state index contributed by atoms with van der Waals surface area (Å²) in [5, 5.41) is 0. The molecule has 0 bridgehead atoms. The van der Waals surface area contributed by atoms with Crippen molar-refractivity contribution in [2.75, 3.05) is 0 Å². The number of alkyl halides is 2. The minimum Gasteiger partial charge on any atom is -0.0625 e. The van der Waals surface area contributed by atoms with Gasteiger partial charge in [-0.3, -0.25) is 0 Å². The highest BCUT2D eigenvalue weighted by Crippen LogP contribution is 2.23. The van der Waals surface area contributed by atoms with Crippen LogP contribution in [0.4, 0.5) is 0 Å². The summed E-state index contributed by atoms with van der Waals surface area (Å²) in [6.45, 7) is 4.91. The van der Waals surface area contributed by atoms with Gasteiger partial charge in [0.25, 0.3) is 21.2 Å². The van der Waals surface area contributed by atoms with Gasteiger partial charge in [0.15, 0.2) is 7.85 Å². The van der Waals surface area contributed by atoms with Gasteiger partial charge in [0.2, 0.25) is 0 Å². The van der Waals surface area contributed by atoms with Gasteiger partial charge < -0.3 is 0 Å². The lowest BCUT2D eigenvalue weighted by molar-refractivity contribution is -0.726. The summed E-state index contributed by atoms with van der Waals surface area (Å²) in [5.74, 6) is 2.08. The van der Waals surface area contributed by atoms with Crippen molar-refractivity contribution in [3.05, 3.63) is 0 Å². The van der Waals surface area contributed by atoms with Gasteiger partial charge in [-0.05, 0) is 56.8 Å². The van der Waals surface area contributed by atoms with Crippen molar-refractivity contribution in [3.63, 3.8) is 0 Å². The molecule has 0 aliphatic heterocycles. The van der Waals surface area contributed by atoms with Crippen molar-refractivity contribution in [2.45, 2.75) is 73.1 Å². The molecule has 0 heterocycles. The van der Waals surface area contributed by atoms with E-state index in [1.165, 1.54) is 33.5 Å². The summed E-state index contributed by atoms with van der Waals surface area (Å²) in [4.78, 5) is 0. The van der Waals surface area contributed by atoms with E-state index in [4.69, 9.17) is 0 Å². The van der Waals surface area contributed by atoms with E-state index in [0.29, 0.717) is 21.2 Å². The van der Waals surface area contributed by atoms with Gasteiger partial charge >= 0.3 is 0 Å². The second-order valence-electron chi connectivity index (χ2n) is 5.85. The molecule has 0 aromatic heterocycles. The molecular weight excluding hydrogens is 295 g/mol. The maximum absolute atomic E-state index is 2.47. The van der Waals surface area contributed by atoms with E-state index in [1.807, 2.05) is 0 Å². The number of hydrogen-bond donors (Lipinski definition) is 0. The second kappa shape index (κ2) is 5.88. The minimum absolute atomic E-state index is 0.536. The predicted molar refractivity (Wildman–Crippen MR) is 62.8 cm³/mol. The fraction of sp³-hybridized carbons (Fsp3) is 1.00. The molecule has 0 aromatic rings. The zero-order valence-corrected chi connectivity index (χ0v) is 12.5. The average Bonchev–Trinajstić information content (AvgIpc) is 2.22. The molecule has 15 heavy (non-hydrogen) atoms. The summed E-state index contributed by atoms with van der Waals surface area (Å²) >= 11 is 0.536. The van der Waals surface area contributed by atoms with Crippen molar-refractivity contribution >= 4 is 0 Å². The number of halogens is 1. The quantitative estimate of drug-likeness (QED) is 0.530. The molecule has 0 spiro atoms. The first-order chi connectivity index (χ1) is 7.24. The molecule has 0 aromatic carbocycles.